The van der Waals surface area contributed by atoms with Gasteiger partial charge in [-0.1, -0.05) is 26.0 Å². The molecule has 0 unspecified atom stereocenters. The number of hydrogen-bond acceptors (Lipinski definition) is 3. The number of anilines is 1. The van der Waals surface area contributed by atoms with Crippen LogP contribution < -0.4 is 11.1 Å². The van der Waals surface area contributed by atoms with Gasteiger partial charge in [-0.15, -0.1) is 24.0 Å². The summed E-state index contributed by atoms with van der Waals surface area (Å²) in [5.74, 6) is 0.997. The van der Waals surface area contributed by atoms with Crippen molar-refractivity contribution in [3.8, 4) is 0 Å². The van der Waals surface area contributed by atoms with Crippen molar-refractivity contribution in [3.63, 3.8) is 0 Å². The van der Waals surface area contributed by atoms with Crippen LogP contribution in [0.15, 0.2) is 29.3 Å². The third-order valence-corrected chi connectivity index (χ3v) is 3.84. The van der Waals surface area contributed by atoms with E-state index in [0.717, 1.165) is 51.5 Å². The highest BCUT2D eigenvalue weighted by Gasteiger charge is 2.08. The maximum Gasteiger partial charge on any atom is 0.193 e. The minimum atomic E-state index is 0. The van der Waals surface area contributed by atoms with Gasteiger partial charge in [-0.05, 0) is 30.0 Å². The van der Waals surface area contributed by atoms with Crippen LogP contribution in [0.5, 0.6) is 0 Å². The fourth-order valence-corrected chi connectivity index (χ4v) is 2.48. The SMILES string of the molecule is CC(C)c1cccc(NC(N)=NCCCN2CCOCC2)c1.I. The number of aliphatic imine (C=N–C) groups is 1. The molecule has 0 atom stereocenters. The minimum Gasteiger partial charge on any atom is -0.379 e. The summed E-state index contributed by atoms with van der Waals surface area (Å²) in [6.45, 7) is 9.92. The molecule has 1 aliphatic rings. The van der Waals surface area contributed by atoms with Gasteiger partial charge in [-0.3, -0.25) is 9.89 Å². The molecule has 6 heteroatoms. The summed E-state index contributed by atoms with van der Waals surface area (Å²) in [5, 5.41) is 3.17. The highest BCUT2D eigenvalue weighted by Crippen LogP contribution is 2.18. The average molecular weight is 432 g/mol. The number of rotatable bonds is 6. The Balaban J connectivity index is 0.00000264. The van der Waals surface area contributed by atoms with Gasteiger partial charge in [-0.2, -0.15) is 0 Å². The van der Waals surface area contributed by atoms with Gasteiger partial charge in [-0.25, -0.2) is 0 Å². The molecular formula is C17H29IN4O. The molecule has 0 amide bonds. The molecule has 1 fully saturated rings. The van der Waals surface area contributed by atoms with E-state index in [1.165, 1.54) is 5.56 Å². The lowest BCUT2D eigenvalue weighted by atomic mass is 10.0. The normalized spacial score (nSPS) is 16.2. The number of nitrogens with two attached hydrogens (primary N) is 1. The lowest BCUT2D eigenvalue weighted by Gasteiger charge is -2.26. The second kappa shape index (κ2) is 10.8. The summed E-state index contributed by atoms with van der Waals surface area (Å²) < 4.78 is 5.34. The first-order valence-electron chi connectivity index (χ1n) is 8.12. The zero-order chi connectivity index (χ0) is 15.8. The fraction of sp³-hybridized carbons (Fsp3) is 0.588. The molecule has 0 radical (unpaired) electrons. The predicted molar refractivity (Wildman–Crippen MR) is 108 cm³/mol. The maximum absolute atomic E-state index is 5.96. The fourth-order valence-electron chi connectivity index (χ4n) is 2.48. The van der Waals surface area contributed by atoms with Crippen LogP contribution in [0.25, 0.3) is 0 Å². The largest absolute Gasteiger partial charge is 0.379 e. The van der Waals surface area contributed by atoms with Gasteiger partial charge in [0.25, 0.3) is 0 Å². The molecule has 0 aromatic heterocycles. The standard InChI is InChI=1S/C17H28N4O.HI/c1-14(2)15-5-3-6-16(13-15)20-17(18)19-7-4-8-21-9-11-22-12-10-21;/h3,5-6,13-14H,4,7-12H2,1-2H3,(H3,18,19,20);1H. The van der Waals surface area contributed by atoms with E-state index >= 15 is 0 Å². The van der Waals surface area contributed by atoms with Gasteiger partial charge in [0.15, 0.2) is 5.96 Å². The summed E-state index contributed by atoms with van der Waals surface area (Å²) in [7, 11) is 0. The second-order valence-corrected chi connectivity index (χ2v) is 5.98. The summed E-state index contributed by atoms with van der Waals surface area (Å²) in [5.41, 5.74) is 8.25. The summed E-state index contributed by atoms with van der Waals surface area (Å²) in [6, 6.07) is 8.32. The van der Waals surface area contributed by atoms with Crippen LogP contribution in [-0.4, -0.2) is 50.3 Å². The Hall–Kier alpha value is -0.860. The topological polar surface area (TPSA) is 62.9 Å². The van der Waals surface area contributed by atoms with Gasteiger partial charge in [0, 0.05) is 31.9 Å². The molecule has 0 aliphatic carbocycles. The molecule has 5 nitrogen and oxygen atoms in total. The first-order valence-corrected chi connectivity index (χ1v) is 8.12. The number of benzene rings is 1. The summed E-state index contributed by atoms with van der Waals surface area (Å²) in [6.07, 6.45) is 1.02. The Morgan fingerprint density at radius 2 is 2.09 bits per heavy atom. The van der Waals surface area contributed by atoms with Crippen LogP contribution in [-0.2, 0) is 4.74 Å². The number of ether oxygens (including phenoxy) is 1. The van der Waals surface area contributed by atoms with Crippen molar-refractivity contribution >= 4 is 35.6 Å². The number of guanidine groups is 1. The van der Waals surface area contributed by atoms with E-state index in [9.17, 15) is 0 Å². The van der Waals surface area contributed by atoms with Crippen molar-refractivity contribution in [3.05, 3.63) is 29.8 Å². The molecular weight excluding hydrogens is 403 g/mol. The lowest BCUT2D eigenvalue weighted by Crippen LogP contribution is -2.37. The van der Waals surface area contributed by atoms with Crippen LogP contribution >= 0.6 is 24.0 Å². The van der Waals surface area contributed by atoms with Crippen molar-refractivity contribution in [1.29, 1.82) is 0 Å². The van der Waals surface area contributed by atoms with E-state index in [1.54, 1.807) is 0 Å². The van der Waals surface area contributed by atoms with Gasteiger partial charge in [0.2, 0.25) is 0 Å². The molecule has 130 valence electrons. The Morgan fingerprint density at radius 1 is 1.35 bits per heavy atom. The summed E-state index contributed by atoms with van der Waals surface area (Å²) >= 11 is 0. The maximum atomic E-state index is 5.96. The number of nitrogens with zero attached hydrogens (tertiary/aromatic N) is 2. The quantitative estimate of drug-likeness (QED) is 0.314. The molecule has 1 aromatic carbocycles. The smallest absolute Gasteiger partial charge is 0.193 e. The van der Waals surface area contributed by atoms with E-state index in [2.05, 4.69) is 41.2 Å². The van der Waals surface area contributed by atoms with Crippen molar-refractivity contribution in [2.45, 2.75) is 26.2 Å². The minimum absolute atomic E-state index is 0. The van der Waals surface area contributed by atoms with E-state index in [4.69, 9.17) is 10.5 Å². The number of halogens is 1. The zero-order valence-corrected chi connectivity index (χ0v) is 16.5. The Bertz CT molecular complexity index is 487. The molecule has 23 heavy (non-hydrogen) atoms. The third-order valence-electron chi connectivity index (χ3n) is 3.84. The molecule has 0 bridgehead atoms. The Kier molecular flexibility index (Phi) is 9.50. The van der Waals surface area contributed by atoms with E-state index in [-0.39, 0.29) is 24.0 Å². The molecule has 0 saturated carbocycles. The van der Waals surface area contributed by atoms with Gasteiger partial charge >= 0.3 is 0 Å². The number of hydrogen-bond donors (Lipinski definition) is 2. The van der Waals surface area contributed by atoms with Gasteiger partial charge in [0.05, 0.1) is 13.2 Å². The van der Waals surface area contributed by atoms with E-state index in [0.29, 0.717) is 11.9 Å². The molecule has 1 aliphatic heterocycles. The molecule has 2 rings (SSSR count). The van der Waals surface area contributed by atoms with Crippen LogP contribution in [0.2, 0.25) is 0 Å². The molecule has 1 heterocycles. The van der Waals surface area contributed by atoms with Crippen molar-refractivity contribution < 1.29 is 4.74 Å². The van der Waals surface area contributed by atoms with Crippen molar-refractivity contribution in [1.82, 2.24) is 4.90 Å². The second-order valence-electron chi connectivity index (χ2n) is 5.98. The molecule has 3 N–H and O–H groups in total. The lowest BCUT2D eigenvalue weighted by molar-refractivity contribution is 0.0377. The first-order chi connectivity index (χ1) is 10.6. The number of morpholine rings is 1. The first kappa shape index (κ1) is 20.2. The van der Waals surface area contributed by atoms with E-state index in [1.807, 2.05) is 12.1 Å². The zero-order valence-electron chi connectivity index (χ0n) is 14.1. The van der Waals surface area contributed by atoms with Crippen LogP contribution in [0, 0.1) is 0 Å². The predicted octanol–water partition coefficient (Wildman–Crippen LogP) is 2.88. The van der Waals surface area contributed by atoms with Gasteiger partial charge < -0.3 is 15.8 Å². The van der Waals surface area contributed by atoms with E-state index < -0.39 is 0 Å². The van der Waals surface area contributed by atoms with Crippen molar-refractivity contribution in [2.75, 3.05) is 44.7 Å². The molecule has 1 saturated heterocycles. The van der Waals surface area contributed by atoms with Crippen molar-refractivity contribution in [2.24, 2.45) is 10.7 Å². The monoisotopic (exact) mass is 432 g/mol. The Morgan fingerprint density at radius 3 is 2.78 bits per heavy atom. The summed E-state index contributed by atoms with van der Waals surface area (Å²) in [4.78, 5) is 6.82. The van der Waals surface area contributed by atoms with Crippen LogP contribution in [0.3, 0.4) is 0 Å². The highest BCUT2D eigenvalue weighted by atomic mass is 127. The van der Waals surface area contributed by atoms with Gasteiger partial charge in [0.1, 0.15) is 0 Å². The van der Waals surface area contributed by atoms with Crippen LogP contribution in [0.4, 0.5) is 5.69 Å². The third kappa shape index (κ3) is 7.50. The number of nitrogens with one attached hydrogen (secondary N) is 1. The Labute approximate surface area is 156 Å². The average Bonchev–Trinajstić information content (AvgIpc) is 2.53. The van der Waals surface area contributed by atoms with Crippen LogP contribution in [0.1, 0.15) is 31.7 Å². The highest BCUT2D eigenvalue weighted by molar-refractivity contribution is 14.0. The molecule has 1 aromatic rings. The molecule has 0 spiro atoms.